The molecular formula is C14H22N2O4. The number of nitrogens with zero attached hydrogens (tertiary/aromatic N) is 2. The maximum atomic E-state index is 12.6. The normalized spacial score (nSPS) is 12.9. The number of hydrogen-bond acceptors (Lipinski definition) is 6. The van der Waals surface area contributed by atoms with E-state index in [-0.39, 0.29) is 22.8 Å². The fraction of sp³-hybridized carbons (Fsp3) is 0.643. The molecule has 0 bridgehead atoms. The molecule has 1 unspecified atom stereocenters. The first kappa shape index (κ1) is 16.4. The minimum Gasteiger partial charge on any atom is -0.480 e. The van der Waals surface area contributed by atoms with Gasteiger partial charge in [0.05, 0.1) is 20.4 Å². The second-order valence-corrected chi connectivity index (χ2v) is 5.34. The van der Waals surface area contributed by atoms with Crippen molar-refractivity contribution in [1.29, 1.82) is 0 Å². The summed E-state index contributed by atoms with van der Waals surface area (Å²) in [6, 6.07) is 0. The molecule has 1 rings (SSSR count). The first-order valence-electron chi connectivity index (χ1n) is 6.46. The molecule has 0 radical (unpaired) electrons. The Morgan fingerprint density at radius 2 is 1.95 bits per heavy atom. The van der Waals surface area contributed by atoms with E-state index in [1.54, 1.807) is 0 Å². The standard InChI is InChI=1S/C14H22N2O4/c1-7-20-12(14(2,3)4)11(17)10-13(19-6)16-9(18-5)8-15-10/h8,12H,7H2,1-6H3. The summed E-state index contributed by atoms with van der Waals surface area (Å²) in [7, 11) is 2.91. The molecule has 6 nitrogen and oxygen atoms in total. The van der Waals surface area contributed by atoms with Crippen molar-refractivity contribution in [1.82, 2.24) is 9.97 Å². The Morgan fingerprint density at radius 1 is 1.30 bits per heavy atom. The van der Waals surface area contributed by atoms with Crippen LogP contribution in [0.5, 0.6) is 11.8 Å². The van der Waals surface area contributed by atoms with Gasteiger partial charge in [-0.15, -0.1) is 0 Å². The van der Waals surface area contributed by atoms with Gasteiger partial charge < -0.3 is 14.2 Å². The highest BCUT2D eigenvalue weighted by Gasteiger charge is 2.35. The van der Waals surface area contributed by atoms with Crippen LogP contribution in [0.25, 0.3) is 0 Å². The summed E-state index contributed by atoms with van der Waals surface area (Å²) >= 11 is 0. The van der Waals surface area contributed by atoms with Crippen molar-refractivity contribution < 1.29 is 19.0 Å². The molecule has 112 valence electrons. The molecular weight excluding hydrogens is 260 g/mol. The lowest BCUT2D eigenvalue weighted by Gasteiger charge is -2.28. The van der Waals surface area contributed by atoms with Gasteiger partial charge in [-0.05, 0) is 12.3 Å². The molecule has 0 aliphatic carbocycles. The average molecular weight is 282 g/mol. The zero-order chi connectivity index (χ0) is 15.3. The average Bonchev–Trinajstić information content (AvgIpc) is 2.42. The fourth-order valence-electron chi connectivity index (χ4n) is 1.78. The summed E-state index contributed by atoms with van der Waals surface area (Å²) in [4.78, 5) is 20.8. The van der Waals surface area contributed by atoms with Crippen LogP contribution >= 0.6 is 0 Å². The molecule has 1 aromatic heterocycles. The summed E-state index contributed by atoms with van der Waals surface area (Å²) in [6.45, 7) is 8.11. The fourth-order valence-corrected chi connectivity index (χ4v) is 1.78. The highest BCUT2D eigenvalue weighted by atomic mass is 16.5. The largest absolute Gasteiger partial charge is 0.480 e. The maximum Gasteiger partial charge on any atom is 0.246 e. The van der Waals surface area contributed by atoms with E-state index in [9.17, 15) is 4.79 Å². The zero-order valence-electron chi connectivity index (χ0n) is 12.9. The van der Waals surface area contributed by atoms with E-state index in [1.807, 2.05) is 27.7 Å². The van der Waals surface area contributed by atoms with Crippen molar-refractivity contribution in [3.8, 4) is 11.8 Å². The van der Waals surface area contributed by atoms with Crippen LogP contribution in [0.4, 0.5) is 0 Å². The lowest BCUT2D eigenvalue weighted by Crippen LogP contribution is -2.37. The first-order chi connectivity index (χ1) is 9.35. The number of aromatic nitrogens is 2. The van der Waals surface area contributed by atoms with E-state index < -0.39 is 6.10 Å². The predicted molar refractivity (Wildman–Crippen MR) is 74.3 cm³/mol. The maximum absolute atomic E-state index is 12.6. The van der Waals surface area contributed by atoms with Crippen LogP contribution in [-0.2, 0) is 4.74 Å². The third-order valence-electron chi connectivity index (χ3n) is 2.71. The minimum atomic E-state index is -0.607. The van der Waals surface area contributed by atoms with Crippen LogP contribution in [0.15, 0.2) is 6.20 Å². The van der Waals surface area contributed by atoms with Crippen molar-refractivity contribution in [2.75, 3.05) is 20.8 Å². The van der Waals surface area contributed by atoms with Crippen molar-refractivity contribution >= 4 is 5.78 Å². The molecule has 0 aromatic carbocycles. The van der Waals surface area contributed by atoms with Crippen molar-refractivity contribution in [2.45, 2.75) is 33.8 Å². The second kappa shape index (κ2) is 6.65. The second-order valence-electron chi connectivity index (χ2n) is 5.34. The van der Waals surface area contributed by atoms with Gasteiger partial charge in [0.25, 0.3) is 0 Å². The molecule has 0 spiro atoms. The van der Waals surface area contributed by atoms with Gasteiger partial charge >= 0.3 is 0 Å². The van der Waals surface area contributed by atoms with Gasteiger partial charge in [0, 0.05) is 6.61 Å². The summed E-state index contributed by atoms with van der Waals surface area (Å²) in [6.07, 6.45) is 0.783. The van der Waals surface area contributed by atoms with E-state index in [1.165, 1.54) is 20.4 Å². The van der Waals surface area contributed by atoms with Crippen LogP contribution in [0.1, 0.15) is 38.2 Å². The van der Waals surface area contributed by atoms with E-state index in [0.29, 0.717) is 12.5 Å². The first-order valence-corrected chi connectivity index (χ1v) is 6.46. The monoisotopic (exact) mass is 282 g/mol. The summed E-state index contributed by atoms with van der Waals surface area (Å²) < 4.78 is 15.7. The van der Waals surface area contributed by atoms with E-state index in [2.05, 4.69) is 9.97 Å². The third-order valence-corrected chi connectivity index (χ3v) is 2.71. The summed E-state index contributed by atoms with van der Waals surface area (Å²) in [5.41, 5.74) is -0.193. The SMILES string of the molecule is CCOC(C(=O)c1ncc(OC)nc1OC)C(C)(C)C. The van der Waals surface area contributed by atoms with Gasteiger partial charge in [-0.2, -0.15) is 4.98 Å². The molecule has 0 saturated carbocycles. The summed E-state index contributed by atoms with van der Waals surface area (Å²) in [5.74, 6) is 0.191. The highest BCUT2D eigenvalue weighted by molar-refractivity contribution is 6.00. The number of Topliss-reactive ketones (excluding diaryl/α,β-unsaturated/α-hetero) is 1. The molecule has 1 heterocycles. The lowest BCUT2D eigenvalue weighted by molar-refractivity contribution is -0.000808. The topological polar surface area (TPSA) is 70.5 Å². The minimum absolute atomic E-state index is 0.142. The Morgan fingerprint density at radius 3 is 2.40 bits per heavy atom. The van der Waals surface area contributed by atoms with Gasteiger partial charge in [0.1, 0.15) is 6.10 Å². The molecule has 0 aliphatic heterocycles. The Kier molecular flexibility index (Phi) is 5.44. The molecule has 0 saturated heterocycles. The third kappa shape index (κ3) is 3.66. The molecule has 0 aliphatic rings. The van der Waals surface area contributed by atoms with Gasteiger partial charge in [-0.3, -0.25) is 4.79 Å². The Bertz CT molecular complexity index is 469. The molecule has 20 heavy (non-hydrogen) atoms. The molecule has 0 amide bonds. The summed E-state index contributed by atoms with van der Waals surface area (Å²) in [5, 5.41) is 0. The number of hydrogen-bond donors (Lipinski definition) is 0. The van der Waals surface area contributed by atoms with Crippen LogP contribution in [-0.4, -0.2) is 42.7 Å². The molecule has 6 heteroatoms. The van der Waals surface area contributed by atoms with Crippen LogP contribution in [0, 0.1) is 5.41 Å². The van der Waals surface area contributed by atoms with Crippen molar-refractivity contribution in [2.24, 2.45) is 5.41 Å². The predicted octanol–water partition coefficient (Wildman–Crippen LogP) is 2.13. The Balaban J connectivity index is 3.18. The Labute approximate surface area is 119 Å². The number of rotatable bonds is 6. The van der Waals surface area contributed by atoms with E-state index in [0.717, 1.165) is 0 Å². The van der Waals surface area contributed by atoms with Gasteiger partial charge in [0.15, 0.2) is 5.69 Å². The quantitative estimate of drug-likeness (QED) is 0.744. The van der Waals surface area contributed by atoms with E-state index in [4.69, 9.17) is 14.2 Å². The number of carbonyl (C=O) groups is 1. The molecule has 1 aromatic rings. The number of ketones is 1. The van der Waals surface area contributed by atoms with Gasteiger partial charge in [-0.1, -0.05) is 20.8 Å². The van der Waals surface area contributed by atoms with Gasteiger partial charge in [-0.25, -0.2) is 4.98 Å². The van der Waals surface area contributed by atoms with Gasteiger partial charge in [0.2, 0.25) is 17.5 Å². The molecule has 0 fully saturated rings. The molecule has 0 N–H and O–H groups in total. The zero-order valence-corrected chi connectivity index (χ0v) is 12.9. The van der Waals surface area contributed by atoms with Crippen molar-refractivity contribution in [3.05, 3.63) is 11.9 Å². The number of carbonyl (C=O) groups excluding carboxylic acids is 1. The molecule has 1 atom stereocenters. The van der Waals surface area contributed by atoms with Crippen LogP contribution in [0.2, 0.25) is 0 Å². The highest BCUT2D eigenvalue weighted by Crippen LogP contribution is 2.28. The van der Waals surface area contributed by atoms with Crippen LogP contribution in [0.3, 0.4) is 0 Å². The number of methoxy groups -OCH3 is 2. The lowest BCUT2D eigenvalue weighted by atomic mass is 9.85. The van der Waals surface area contributed by atoms with Crippen molar-refractivity contribution in [3.63, 3.8) is 0 Å². The van der Waals surface area contributed by atoms with E-state index >= 15 is 0 Å². The smallest absolute Gasteiger partial charge is 0.246 e. The Hall–Kier alpha value is -1.69. The van der Waals surface area contributed by atoms with Crippen LogP contribution < -0.4 is 9.47 Å². The number of ether oxygens (including phenoxy) is 3.